The van der Waals surface area contributed by atoms with E-state index in [0.717, 1.165) is 12.1 Å². The van der Waals surface area contributed by atoms with Gasteiger partial charge in [-0.3, -0.25) is 4.79 Å². The molecule has 36 heavy (non-hydrogen) atoms. The Labute approximate surface area is 205 Å². The largest absolute Gasteiger partial charge is 0.493 e. The lowest BCUT2D eigenvalue weighted by Crippen LogP contribution is -2.38. The minimum atomic E-state index is -5.06. The fraction of sp³-hybridized carbons (Fsp3) is 0.304. The Hall–Kier alpha value is -3.19. The number of amides is 1. The fourth-order valence-corrected chi connectivity index (χ4v) is 7.57. The molecule has 2 aromatic rings. The topological polar surface area (TPSA) is 119 Å². The van der Waals surface area contributed by atoms with Crippen LogP contribution in [0, 0.1) is 0 Å². The second-order valence-corrected chi connectivity index (χ2v) is 11.9. The number of alkyl halides is 3. The summed E-state index contributed by atoms with van der Waals surface area (Å²) in [5, 5.41) is 1.55. The third-order valence-electron chi connectivity index (χ3n) is 5.75. The summed E-state index contributed by atoms with van der Waals surface area (Å²) in [6.07, 6.45) is -0.969. The van der Waals surface area contributed by atoms with Gasteiger partial charge in [0.15, 0.2) is 5.03 Å². The molecule has 0 aliphatic carbocycles. The molecular weight excluding hydrogens is 521 g/mol. The van der Waals surface area contributed by atoms with E-state index in [1.165, 1.54) is 43.5 Å². The van der Waals surface area contributed by atoms with Crippen LogP contribution in [-0.4, -0.2) is 41.7 Å². The number of aliphatic imine (C=N–C) groups is 1. The summed E-state index contributed by atoms with van der Waals surface area (Å²) in [5.74, 6) is -1.85. The van der Waals surface area contributed by atoms with Crippen LogP contribution in [0.5, 0.6) is 5.75 Å². The quantitative estimate of drug-likeness (QED) is 0.595. The molecule has 192 valence electrons. The van der Waals surface area contributed by atoms with E-state index in [1.54, 1.807) is 5.32 Å². The zero-order valence-electron chi connectivity index (χ0n) is 18.9. The summed E-state index contributed by atoms with van der Waals surface area (Å²) < 4.78 is 97.3. The van der Waals surface area contributed by atoms with Gasteiger partial charge in [-0.1, -0.05) is 12.1 Å². The van der Waals surface area contributed by atoms with Crippen LogP contribution in [0.25, 0.3) is 0 Å². The van der Waals surface area contributed by atoms with E-state index in [2.05, 4.69) is 4.99 Å². The van der Waals surface area contributed by atoms with Crippen molar-refractivity contribution in [1.29, 1.82) is 0 Å². The van der Waals surface area contributed by atoms with E-state index in [1.807, 2.05) is 0 Å². The zero-order valence-corrected chi connectivity index (χ0v) is 20.5. The molecule has 2 aliphatic heterocycles. The molecule has 1 N–H and O–H groups in total. The lowest BCUT2D eigenvalue weighted by molar-refractivity contribution is -0.174. The number of benzene rings is 2. The molecular formula is C23H21F3N2O6S2. The summed E-state index contributed by atoms with van der Waals surface area (Å²) in [7, 11) is -8.69. The van der Waals surface area contributed by atoms with Gasteiger partial charge in [0.05, 0.1) is 27.3 Å². The average molecular weight is 543 g/mol. The Morgan fingerprint density at radius 3 is 2.33 bits per heavy atom. The molecule has 0 unspecified atom stereocenters. The van der Waals surface area contributed by atoms with Crippen LogP contribution in [0.4, 0.5) is 13.2 Å². The number of carbonyl (C=O) groups excluding carboxylic acids is 1. The Balaban J connectivity index is 1.75. The van der Waals surface area contributed by atoms with Crippen LogP contribution < -0.4 is 10.1 Å². The van der Waals surface area contributed by atoms with Gasteiger partial charge in [-0.25, -0.2) is 21.8 Å². The standard InChI is InChI=1S/C23H21F3N2O6S2/c1-14(28-22(29)23(24,25)26)15-5-7-16(8-6-15)35(30,31)19-10-9-18-17(11-13-34-18)21(19)36(32,33)20-4-2-3-12-27-20/h4-10,12,14H,2-3,11,13H2,1H3,(H,28,29)/t14-/m0/s1. The molecule has 0 fully saturated rings. The number of nitrogens with zero attached hydrogens (tertiary/aromatic N) is 1. The van der Waals surface area contributed by atoms with Gasteiger partial charge in [-0.2, -0.15) is 13.2 Å². The fourth-order valence-electron chi connectivity index (χ4n) is 3.93. The first-order valence-corrected chi connectivity index (χ1v) is 13.8. The first-order chi connectivity index (χ1) is 16.8. The molecule has 8 nitrogen and oxygen atoms in total. The van der Waals surface area contributed by atoms with E-state index in [4.69, 9.17) is 4.74 Å². The molecule has 1 amide bonds. The van der Waals surface area contributed by atoms with Crippen LogP contribution in [0.2, 0.25) is 0 Å². The molecule has 0 radical (unpaired) electrons. The predicted octanol–water partition coefficient (Wildman–Crippen LogP) is 3.67. The second-order valence-electron chi connectivity index (χ2n) is 8.17. The average Bonchev–Trinajstić information content (AvgIpc) is 3.32. The maximum atomic E-state index is 13.6. The number of hydrogen-bond acceptors (Lipinski definition) is 7. The number of sulfone groups is 2. The van der Waals surface area contributed by atoms with Crippen molar-refractivity contribution in [3.05, 3.63) is 58.6 Å². The monoisotopic (exact) mass is 542 g/mol. The lowest BCUT2D eigenvalue weighted by atomic mass is 10.1. The molecule has 1 atom stereocenters. The number of rotatable bonds is 6. The molecule has 0 spiro atoms. The van der Waals surface area contributed by atoms with Gasteiger partial charge in [0.1, 0.15) is 5.75 Å². The minimum absolute atomic E-state index is 0.194. The van der Waals surface area contributed by atoms with Gasteiger partial charge in [-0.05, 0) is 55.7 Å². The third-order valence-corrected chi connectivity index (χ3v) is 9.52. The van der Waals surface area contributed by atoms with E-state index >= 15 is 0 Å². The van der Waals surface area contributed by atoms with Crippen molar-refractivity contribution in [2.75, 3.05) is 6.61 Å². The van der Waals surface area contributed by atoms with E-state index < -0.39 is 47.6 Å². The molecule has 0 aromatic heterocycles. The molecule has 2 heterocycles. The molecule has 2 aliphatic rings. The summed E-state index contributed by atoms with van der Waals surface area (Å²) in [6.45, 7) is 1.51. The van der Waals surface area contributed by atoms with Gasteiger partial charge >= 0.3 is 12.1 Å². The molecule has 2 aromatic carbocycles. The summed E-state index contributed by atoms with van der Waals surface area (Å²) >= 11 is 0. The molecule has 0 bridgehead atoms. The first-order valence-electron chi connectivity index (χ1n) is 10.8. The van der Waals surface area contributed by atoms with Gasteiger partial charge in [0.25, 0.3) is 0 Å². The number of carbonyl (C=O) groups is 1. The number of ether oxygens (including phenoxy) is 1. The maximum Gasteiger partial charge on any atom is 0.471 e. The Morgan fingerprint density at radius 1 is 1.03 bits per heavy atom. The van der Waals surface area contributed by atoms with Crippen LogP contribution >= 0.6 is 0 Å². The highest BCUT2D eigenvalue weighted by atomic mass is 32.2. The Morgan fingerprint density at radius 2 is 1.72 bits per heavy atom. The van der Waals surface area contributed by atoms with Gasteiger partial charge < -0.3 is 10.1 Å². The van der Waals surface area contributed by atoms with Crippen molar-refractivity contribution >= 4 is 31.8 Å². The summed E-state index contributed by atoms with van der Waals surface area (Å²) in [5.41, 5.74) is 0.473. The Kier molecular flexibility index (Phi) is 6.73. The van der Waals surface area contributed by atoms with Crippen molar-refractivity contribution in [3.8, 4) is 5.75 Å². The lowest BCUT2D eigenvalue weighted by Gasteiger charge is -2.17. The number of halogens is 3. The normalized spacial score (nSPS) is 16.6. The van der Waals surface area contributed by atoms with E-state index in [0.29, 0.717) is 12.8 Å². The van der Waals surface area contributed by atoms with E-state index in [9.17, 15) is 34.8 Å². The van der Waals surface area contributed by atoms with Crippen LogP contribution in [0.3, 0.4) is 0 Å². The number of hydrogen-bond donors (Lipinski definition) is 1. The molecule has 0 saturated carbocycles. The van der Waals surface area contributed by atoms with Crippen LogP contribution in [0.15, 0.2) is 67.2 Å². The highest BCUT2D eigenvalue weighted by molar-refractivity contribution is 7.97. The number of fused-ring (bicyclic) bond motifs is 1. The van der Waals surface area contributed by atoms with Crippen molar-refractivity contribution in [1.82, 2.24) is 5.32 Å². The highest BCUT2D eigenvalue weighted by Crippen LogP contribution is 2.40. The SMILES string of the molecule is C[C@H](NC(=O)C(F)(F)F)c1ccc(S(=O)(=O)c2ccc3c(c2S(=O)(=O)C2=CCCC=N2)CCO3)cc1. The van der Waals surface area contributed by atoms with Crippen molar-refractivity contribution in [2.24, 2.45) is 4.99 Å². The second kappa shape index (κ2) is 9.36. The number of nitrogens with one attached hydrogen (secondary N) is 1. The number of allylic oxidation sites excluding steroid dienone is 1. The van der Waals surface area contributed by atoms with Crippen molar-refractivity contribution in [3.63, 3.8) is 0 Å². The van der Waals surface area contributed by atoms with Gasteiger partial charge in [0.2, 0.25) is 19.7 Å². The molecule has 0 saturated heterocycles. The first kappa shape index (κ1) is 25.9. The highest BCUT2D eigenvalue weighted by Gasteiger charge is 2.39. The zero-order chi connectivity index (χ0) is 26.3. The van der Waals surface area contributed by atoms with Crippen LogP contribution in [0.1, 0.15) is 36.9 Å². The van der Waals surface area contributed by atoms with Crippen LogP contribution in [-0.2, 0) is 30.9 Å². The summed E-state index contributed by atoms with van der Waals surface area (Å²) in [6, 6.07) is 6.33. The Bertz CT molecular complexity index is 1480. The third kappa shape index (κ3) is 4.76. The molecule has 13 heteroatoms. The van der Waals surface area contributed by atoms with Crippen molar-refractivity contribution in [2.45, 2.75) is 53.1 Å². The maximum absolute atomic E-state index is 13.6. The van der Waals surface area contributed by atoms with Crippen molar-refractivity contribution < 1.29 is 39.5 Å². The van der Waals surface area contributed by atoms with Gasteiger partial charge in [-0.15, -0.1) is 0 Å². The minimum Gasteiger partial charge on any atom is -0.493 e. The predicted molar refractivity (Wildman–Crippen MR) is 123 cm³/mol. The summed E-state index contributed by atoms with van der Waals surface area (Å²) in [4.78, 5) is 14.1. The molecule has 4 rings (SSSR count). The smallest absolute Gasteiger partial charge is 0.471 e. The van der Waals surface area contributed by atoms with E-state index in [-0.39, 0.29) is 39.8 Å². The van der Waals surface area contributed by atoms with Gasteiger partial charge in [0, 0.05) is 18.2 Å².